The highest BCUT2D eigenvalue weighted by Gasteiger charge is 2.31. The molecule has 2 amide bonds. The second kappa shape index (κ2) is 11.3. The van der Waals surface area contributed by atoms with E-state index in [4.69, 9.17) is 11.6 Å². The third kappa shape index (κ3) is 6.37. The Hall–Kier alpha value is -2.42. The van der Waals surface area contributed by atoms with Crippen molar-refractivity contribution in [2.75, 3.05) is 13.6 Å². The Bertz CT molecular complexity index is 1120. The maximum absolute atomic E-state index is 13.4. The molecule has 0 spiro atoms. The third-order valence-electron chi connectivity index (χ3n) is 6.35. The van der Waals surface area contributed by atoms with Crippen molar-refractivity contribution >= 4 is 33.4 Å². The molecular formula is C25H32ClN3O4S. The van der Waals surface area contributed by atoms with Crippen LogP contribution in [0.15, 0.2) is 53.4 Å². The lowest BCUT2D eigenvalue weighted by Gasteiger charge is -2.31. The lowest BCUT2D eigenvalue weighted by atomic mass is 10.1. The molecule has 2 aromatic carbocycles. The predicted molar refractivity (Wildman–Crippen MR) is 133 cm³/mol. The Kier molecular flexibility index (Phi) is 8.73. The van der Waals surface area contributed by atoms with Crippen LogP contribution in [0.4, 0.5) is 0 Å². The van der Waals surface area contributed by atoms with Gasteiger partial charge < -0.3 is 10.2 Å². The maximum atomic E-state index is 13.4. The number of hydrogen-bond acceptors (Lipinski definition) is 4. The lowest BCUT2D eigenvalue weighted by Crippen LogP contribution is -2.52. The summed E-state index contributed by atoms with van der Waals surface area (Å²) in [6, 6.07) is 12.8. The number of aryl methyl sites for hydroxylation is 1. The molecule has 0 aromatic heterocycles. The van der Waals surface area contributed by atoms with E-state index in [1.54, 1.807) is 6.92 Å². The topological polar surface area (TPSA) is 86.8 Å². The number of nitrogens with zero attached hydrogens (tertiary/aromatic N) is 2. The zero-order valence-electron chi connectivity index (χ0n) is 19.8. The summed E-state index contributed by atoms with van der Waals surface area (Å²) in [5.41, 5.74) is 1.89. The van der Waals surface area contributed by atoms with E-state index in [1.165, 1.54) is 36.2 Å². The van der Waals surface area contributed by atoms with Crippen LogP contribution in [0.1, 0.15) is 43.7 Å². The summed E-state index contributed by atoms with van der Waals surface area (Å²) in [5, 5.41) is 3.47. The van der Waals surface area contributed by atoms with Crippen LogP contribution in [0.25, 0.3) is 0 Å². The number of amides is 2. The van der Waals surface area contributed by atoms with Crippen molar-refractivity contribution in [1.29, 1.82) is 0 Å². The zero-order valence-corrected chi connectivity index (χ0v) is 21.4. The fourth-order valence-corrected chi connectivity index (χ4v) is 5.34. The van der Waals surface area contributed by atoms with Gasteiger partial charge in [-0.3, -0.25) is 9.59 Å². The van der Waals surface area contributed by atoms with Gasteiger partial charge in [-0.1, -0.05) is 48.7 Å². The SMILES string of the molecule is Cc1ccccc1CN(C(=O)CN(C)S(=O)(=O)c1ccc(Cl)cc1)C(C)C(=O)NC1CCCC1. The molecule has 0 aliphatic heterocycles. The second-order valence-corrected chi connectivity index (χ2v) is 11.3. The number of nitrogens with one attached hydrogen (secondary N) is 1. The van der Waals surface area contributed by atoms with Crippen molar-refractivity contribution in [2.45, 2.75) is 63.1 Å². The molecule has 1 atom stereocenters. The first kappa shape index (κ1) is 26.2. The van der Waals surface area contributed by atoms with E-state index in [0.717, 1.165) is 41.1 Å². The van der Waals surface area contributed by atoms with Crippen molar-refractivity contribution in [3.05, 3.63) is 64.7 Å². The molecule has 1 fully saturated rings. The predicted octanol–water partition coefficient (Wildman–Crippen LogP) is 3.75. The normalized spacial score (nSPS) is 15.3. The number of carbonyl (C=O) groups is 2. The van der Waals surface area contributed by atoms with Crippen LogP contribution in [-0.4, -0.2) is 55.1 Å². The van der Waals surface area contributed by atoms with Gasteiger partial charge >= 0.3 is 0 Å². The number of carbonyl (C=O) groups excluding carboxylic acids is 2. The average Bonchev–Trinajstić information content (AvgIpc) is 3.31. The number of rotatable bonds is 9. The molecule has 184 valence electrons. The quantitative estimate of drug-likeness (QED) is 0.562. The second-order valence-electron chi connectivity index (χ2n) is 8.83. The molecule has 0 heterocycles. The minimum Gasteiger partial charge on any atom is -0.352 e. The number of benzene rings is 2. The summed E-state index contributed by atoms with van der Waals surface area (Å²) in [4.78, 5) is 27.9. The van der Waals surface area contributed by atoms with E-state index < -0.39 is 28.5 Å². The van der Waals surface area contributed by atoms with Crippen molar-refractivity contribution in [3.63, 3.8) is 0 Å². The first-order chi connectivity index (χ1) is 16.1. The molecule has 1 aliphatic carbocycles. The van der Waals surface area contributed by atoms with E-state index >= 15 is 0 Å². The average molecular weight is 506 g/mol. The molecule has 1 N–H and O–H groups in total. The Labute approximate surface area is 207 Å². The molecule has 7 nitrogen and oxygen atoms in total. The fraction of sp³-hybridized carbons (Fsp3) is 0.440. The van der Waals surface area contributed by atoms with Gasteiger partial charge in [0, 0.05) is 24.7 Å². The molecule has 2 aromatic rings. The van der Waals surface area contributed by atoms with Crippen LogP contribution in [0.5, 0.6) is 0 Å². The largest absolute Gasteiger partial charge is 0.352 e. The summed E-state index contributed by atoms with van der Waals surface area (Å²) >= 11 is 5.88. The van der Waals surface area contributed by atoms with Crippen LogP contribution >= 0.6 is 11.6 Å². The Morgan fingerprint density at radius 2 is 1.71 bits per heavy atom. The van der Waals surface area contributed by atoms with Gasteiger partial charge in [-0.25, -0.2) is 8.42 Å². The van der Waals surface area contributed by atoms with Gasteiger partial charge in [0.25, 0.3) is 0 Å². The number of likely N-dealkylation sites (N-methyl/N-ethyl adjacent to an activating group) is 1. The standard InChI is InChI=1S/C25H32ClN3O4S/c1-18-8-4-5-9-20(18)16-29(19(2)25(31)27-22-10-6-7-11-22)24(30)17-28(3)34(32,33)23-14-12-21(26)13-15-23/h4-5,8-9,12-15,19,22H,6-7,10-11,16-17H2,1-3H3,(H,27,31). The molecule has 0 radical (unpaired) electrons. The van der Waals surface area contributed by atoms with Gasteiger partial charge in [0.1, 0.15) is 6.04 Å². The molecule has 1 saturated carbocycles. The number of hydrogen-bond donors (Lipinski definition) is 1. The molecule has 34 heavy (non-hydrogen) atoms. The fourth-order valence-electron chi connectivity index (χ4n) is 4.10. The van der Waals surface area contributed by atoms with Crippen LogP contribution in [0, 0.1) is 6.92 Å². The summed E-state index contributed by atoms with van der Waals surface area (Å²) in [7, 11) is -2.55. The molecule has 0 bridgehead atoms. The maximum Gasteiger partial charge on any atom is 0.243 e. The van der Waals surface area contributed by atoms with Crippen LogP contribution in [0.3, 0.4) is 0 Å². The molecular weight excluding hydrogens is 474 g/mol. The van der Waals surface area contributed by atoms with Gasteiger partial charge in [0.2, 0.25) is 21.8 Å². The minimum atomic E-state index is -3.90. The molecule has 9 heteroatoms. The molecule has 3 rings (SSSR count). The van der Waals surface area contributed by atoms with Crippen LogP contribution in [0.2, 0.25) is 5.02 Å². The van der Waals surface area contributed by atoms with E-state index in [-0.39, 0.29) is 23.4 Å². The van der Waals surface area contributed by atoms with Gasteiger partial charge in [-0.15, -0.1) is 0 Å². The Balaban J connectivity index is 1.80. The summed E-state index contributed by atoms with van der Waals surface area (Å²) < 4.78 is 27.0. The minimum absolute atomic E-state index is 0.0460. The monoisotopic (exact) mass is 505 g/mol. The van der Waals surface area contributed by atoms with Gasteiger partial charge in [0.15, 0.2) is 0 Å². The summed E-state index contributed by atoms with van der Waals surface area (Å²) in [6.45, 7) is 3.45. The first-order valence-corrected chi connectivity index (χ1v) is 13.3. The molecule has 1 aliphatic rings. The van der Waals surface area contributed by atoms with E-state index in [1.807, 2.05) is 31.2 Å². The zero-order chi connectivity index (χ0) is 24.9. The van der Waals surface area contributed by atoms with E-state index in [9.17, 15) is 18.0 Å². The summed E-state index contributed by atoms with van der Waals surface area (Å²) in [5.74, 6) is -0.672. The highest BCUT2D eigenvalue weighted by Crippen LogP contribution is 2.20. The Morgan fingerprint density at radius 1 is 1.09 bits per heavy atom. The smallest absolute Gasteiger partial charge is 0.243 e. The highest BCUT2D eigenvalue weighted by atomic mass is 35.5. The Morgan fingerprint density at radius 3 is 2.32 bits per heavy atom. The van der Waals surface area contributed by atoms with Gasteiger partial charge in [0.05, 0.1) is 11.4 Å². The van der Waals surface area contributed by atoms with Crippen LogP contribution in [-0.2, 0) is 26.2 Å². The van der Waals surface area contributed by atoms with Gasteiger partial charge in [-0.2, -0.15) is 4.31 Å². The van der Waals surface area contributed by atoms with Crippen molar-refractivity contribution in [3.8, 4) is 0 Å². The third-order valence-corrected chi connectivity index (χ3v) is 8.42. The van der Waals surface area contributed by atoms with Crippen molar-refractivity contribution in [1.82, 2.24) is 14.5 Å². The van der Waals surface area contributed by atoms with E-state index in [2.05, 4.69) is 5.32 Å². The molecule has 1 unspecified atom stereocenters. The van der Waals surface area contributed by atoms with E-state index in [0.29, 0.717) is 5.02 Å². The van der Waals surface area contributed by atoms with Crippen molar-refractivity contribution in [2.24, 2.45) is 0 Å². The van der Waals surface area contributed by atoms with Gasteiger partial charge in [-0.05, 0) is 62.1 Å². The lowest BCUT2D eigenvalue weighted by molar-refractivity contribution is -0.140. The first-order valence-electron chi connectivity index (χ1n) is 11.5. The number of halogens is 1. The number of sulfonamides is 1. The van der Waals surface area contributed by atoms with Crippen molar-refractivity contribution < 1.29 is 18.0 Å². The highest BCUT2D eigenvalue weighted by molar-refractivity contribution is 7.89. The summed E-state index contributed by atoms with van der Waals surface area (Å²) in [6.07, 6.45) is 4.04. The molecule has 0 saturated heterocycles. The van der Waals surface area contributed by atoms with Crippen LogP contribution < -0.4 is 5.32 Å².